The first-order valence-electron chi connectivity index (χ1n) is 6.45. The van der Waals surface area contributed by atoms with Gasteiger partial charge in [-0.1, -0.05) is 29.8 Å². The Labute approximate surface area is 128 Å². The maximum atomic E-state index is 11.3. The summed E-state index contributed by atoms with van der Waals surface area (Å²) in [6.45, 7) is 1.82. The number of hydrogen-bond donors (Lipinski definition) is 2. The van der Waals surface area contributed by atoms with E-state index < -0.39 is 0 Å². The van der Waals surface area contributed by atoms with Crippen molar-refractivity contribution < 1.29 is 14.6 Å². The molecule has 4 nitrogen and oxygen atoms in total. The maximum Gasteiger partial charge on any atom is 0.257 e. The van der Waals surface area contributed by atoms with E-state index in [1.807, 2.05) is 25.1 Å². The zero-order valence-corrected chi connectivity index (χ0v) is 12.6. The molecule has 0 saturated carbocycles. The number of likely N-dealkylation sites (N-methyl/N-ethyl adjacent to an activating group) is 1. The number of phenolic OH excluding ortho intramolecular Hbond substituents is 1. The number of aromatic hydroxyl groups is 1. The van der Waals surface area contributed by atoms with E-state index >= 15 is 0 Å². The molecule has 0 aliphatic heterocycles. The van der Waals surface area contributed by atoms with Crippen molar-refractivity contribution in [3.8, 4) is 22.6 Å². The van der Waals surface area contributed by atoms with Crippen LogP contribution in [0.15, 0.2) is 36.4 Å². The van der Waals surface area contributed by atoms with Gasteiger partial charge in [0.05, 0.1) is 5.02 Å². The lowest BCUT2D eigenvalue weighted by Gasteiger charge is -2.13. The van der Waals surface area contributed by atoms with E-state index in [0.717, 1.165) is 16.7 Å². The Morgan fingerprint density at radius 3 is 2.71 bits per heavy atom. The molecule has 2 aromatic rings. The average Bonchev–Trinajstić information content (AvgIpc) is 2.49. The predicted octanol–water partition coefficient (Wildman–Crippen LogP) is 3.15. The molecule has 0 spiro atoms. The molecule has 0 saturated heterocycles. The fourth-order valence-corrected chi connectivity index (χ4v) is 2.15. The number of halogens is 1. The van der Waals surface area contributed by atoms with Gasteiger partial charge in [0.15, 0.2) is 6.61 Å². The molecular formula is C16H16ClNO3. The average molecular weight is 306 g/mol. The fourth-order valence-electron chi connectivity index (χ4n) is 1.99. The van der Waals surface area contributed by atoms with Gasteiger partial charge in [0.1, 0.15) is 11.5 Å². The smallest absolute Gasteiger partial charge is 0.257 e. The predicted molar refractivity (Wildman–Crippen MR) is 82.9 cm³/mol. The lowest BCUT2D eigenvalue weighted by Crippen LogP contribution is -2.24. The van der Waals surface area contributed by atoms with Crippen molar-refractivity contribution in [1.82, 2.24) is 5.32 Å². The van der Waals surface area contributed by atoms with Crippen molar-refractivity contribution in [3.63, 3.8) is 0 Å². The number of amides is 1. The highest BCUT2D eigenvalue weighted by atomic mass is 35.5. The van der Waals surface area contributed by atoms with Crippen LogP contribution in [0.5, 0.6) is 11.5 Å². The molecule has 1 amide bonds. The highest BCUT2D eigenvalue weighted by molar-refractivity contribution is 6.32. The summed E-state index contributed by atoms with van der Waals surface area (Å²) in [5.41, 5.74) is 2.54. The van der Waals surface area contributed by atoms with E-state index in [1.54, 1.807) is 25.2 Å². The van der Waals surface area contributed by atoms with Gasteiger partial charge in [0.25, 0.3) is 5.91 Å². The second-order valence-corrected chi connectivity index (χ2v) is 4.98. The molecule has 0 aromatic heterocycles. The highest BCUT2D eigenvalue weighted by Gasteiger charge is 2.12. The first-order valence-corrected chi connectivity index (χ1v) is 6.82. The van der Waals surface area contributed by atoms with Crippen molar-refractivity contribution >= 4 is 17.5 Å². The van der Waals surface area contributed by atoms with Crippen LogP contribution in [0.3, 0.4) is 0 Å². The van der Waals surface area contributed by atoms with E-state index in [4.69, 9.17) is 16.3 Å². The van der Waals surface area contributed by atoms with Crippen LogP contribution in [0.2, 0.25) is 5.02 Å². The number of benzene rings is 2. The van der Waals surface area contributed by atoms with Crippen LogP contribution >= 0.6 is 11.6 Å². The fraction of sp³-hybridized carbons (Fsp3) is 0.188. The van der Waals surface area contributed by atoms with Crippen molar-refractivity contribution in [2.45, 2.75) is 6.92 Å². The SMILES string of the molecule is CNC(=O)COc1ccccc1-c1cc(Cl)c(O)cc1C. The molecule has 2 rings (SSSR count). The summed E-state index contributed by atoms with van der Waals surface area (Å²) >= 11 is 5.98. The minimum atomic E-state index is -0.203. The van der Waals surface area contributed by atoms with E-state index in [9.17, 15) is 9.90 Å². The molecule has 2 N–H and O–H groups in total. The van der Waals surface area contributed by atoms with Crippen LogP contribution in [0.25, 0.3) is 11.1 Å². The van der Waals surface area contributed by atoms with Crippen LogP contribution in [0.4, 0.5) is 0 Å². The Bertz CT molecular complexity index is 671. The number of nitrogens with one attached hydrogen (secondary N) is 1. The number of carbonyl (C=O) groups excluding carboxylic acids is 1. The van der Waals surface area contributed by atoms with Gasteiger partial charge >= 0.3 is 0 Å². The molecule has 0 heterocycles. The van der Waals surface area contributed by atoms with Gasteiger partial charge in [-0.2, -0.15) is 0 Å². The van der Waals surface area contributed by atoms with E-state index in [1.165, 1.54) is 0 Å². The number of rotatable bonds is 4. The largest absolute Gasteiger partial charge is 0.506 e. The zero-order chi connectivity index (χ0) is 15.4. The summed E-state index contributed by atoms with van der Waals surface area (Å²) in [6.07, 6.45) is 0. The third-order valence-corrected chi connectivity index (χ3v) is 3.41. The molecular weight excluding hydrogens is 290 g/mol. The number of ether oxygens (including phenoxy) is 1. The van der Waals surface area contributed by atoms with Gasteiger partial charge in [0, 0.05) is 12.6 Å². The lowest BCUT2D eigenvalue weighted by molar-refractivity contribution is -0.122. The number of hydrogen-bond acceptors (Lipinski definition) is 3. The Balaban J connectivity index is 2.40. The second kappa shape index (κ2) is 6.50. The van der Waals surface area contributed by atoms with E-state index in [-0.39, 0.29) is 23.3 Å². The van der Waals surface area contributed by atoms with Crippen molar-refractivity contribution in [2.24, 2.45) is 0 Å². The van der Waals surface area contributed by atoms with Crippen molar-refractivity contribution in [1.29, 1.82) is 0 Å². The van der Waals surface area contributed by atoms with Gasteiger partial charge in [-0.25, -0.2) is 0 Å². The van der Waals surface area contributed by atoms with Gasteiger partial charge < -0.3 is 15.2 Å². The Morgan fingerprint density at radius 2 is 2.00 bits per heavy atom. The topological polar surface area (TPSA) is 58.6 Å². The van der Waals surface area contributed by atoms with E-state index in [0.29, 0.717) is 5.75 Å². The molecule has 0 aliphatic carbocycles. The van der Waals surface area contributed by atoms with E-state index in [2.05, 4.69) is 5.32 Å². The van der Waals surface area contributed by atoms with Gasteiger partial charge in [-0.3, -0.25) is 4.79 Å². The summed E-state index contributed by atoms with van der Waals surface area (Å²) in [6, 6.07) is 10.7. The third-order valence-electron chi connectivity index (χ3n) is 3.11. The minimum absolute atomic E-state index is 0.0432. The van der Waals surface area contributed by atoms with Crippen LogP contribution < -0.4 is 10.1 Å². The Kier molecular flexibility index (Phi) is 4.70. The number of carbonyl (C=O) groups is 1. The summed E-state index contributed by atoms with van der Waals surface area (Å²) in [5.74, 6) is 0.429. The Morgan fingerprint density at radius 1 is 1.29 bits per heavy atom. The number of aryl methyl sites for hydroxylation is 1. The molecule has 0 fully saturated rings. The quantitative estimate of drug-likeness (QED) is 0.912. The zero-order valence-electron chi connectivity index (χ0n) is 11.8. The van der Waals surface area contributed by atoms with Gasteiger partial charge in [-0.15, -0.1) is 0 Å². The Hall–Kier alpha value is -2.20. The molecule has 0 bridgehead atoms. The summed E-state index contributed by atoms with van der Waals surface area (Å²) in [4.78, 5) is 11.3. The molecule has 0 unspecified atom stereocenters. The summed E-state index contributed by atoms with van der Waals surface area (Å²) in [5, 5.41) is 12.4. The standard InChI is InChI=1S/C16H16ClNO3/c1-10-7-14(19)13(17)8-12(10)11-5-3-4-6-15(11)21-9-16(20)18-2/h3-8,19H,9H2,1-2H3,(H,18,20). The highest BCUT2D eigenvalue weighted by Crippen LogP contribution is 2.37. The summed E-state index contributed by atoms with van der Waals surface area (Å²) < 4.78 is 5.55. The minimum Gasteiger partial charge on any atom is -0.506 e. The monoisotopic (exact) mass is 305 g/mol. The molecule has 0 atom stereocenters. The molecule has 110 valence electrons. The molecule has 5 heteroatoms. The lowest BCUT2D eigenvalue weighted by atomic mass is 9.99. The first-order chi connectivity index (χ1) is 10.0. The normalized spacial score (nSPS) is 10.2. The number of para-hydroxylation sites is 1. The maximum absolute atomic E-state index is 11.3. The first kappa shape index (κ1) is 15.2. The molecule has 2 aromatic carbocycles. The third kappa shape index (κ3) is 3.47. The van der Waals surface area contributed by atoms with Crippen LogP contribution in [-0.4, -0.2) is 24.7 Å². The van der Waals surface area contributed by atoms with Gasteiger partial charge in [0.2, 0.25) is 0 Å². The van der Waals surface area contributed by atoms with Crippen molar-refractivity contribution in [3.05, 3.63) is 47.0 Å². The molecule has 0 aliphatic rings. The molecule has 21 heavy (non-hydrogen) atoms. The summed E-state index contributed by atoms with van der Waals surface area (Å²) in [7, 11) is 1.56. The second-order valence-electron chi connectivity index (χ2n) is 4.58. The van der Waals surface area contributed by atoms with Crippen LogP contribution in [0.1, 0.15) is 5.56 Å². The van der Waals surface area contributed by atoms with Gasteiger partial charge in [-0.05, 0) is 36.2 Å². The van der Waals surface area contributed by atoms with Crippen LogP contribution in [0, 0.1) is 6.92 Å². The van der Waals surface area contributed by atoms with Crippen molar-refractivity contribution in [2.75, 3.05) is 13.7 Å². The van der Waals surface area contributed by atoms with Crippen LogP contribution in [-0.2, 0) is 4.79 Å². The molecule has 0 radical (unpaired) electrons. The number of phenols is 1.